The molecule has 2 atom stereocenters. The van der Waals surface area contributed by atoms with Crippen LogP contribution in [-0.4, -0.2) is 62.9 Å². The number of rotatable bonds is 3. The summed E-state index contributed by atoms with van der Waals surface area (Å²) in [7, 11) is 2.17. The van der Waals surface area contributed by atoms with E-state index in [0.717, 1.165) is 36.6 Å². The third-order valence-electron chi connectivity index (χ3n) is 5.09. The summed E-state index contributed by atoms with van der Waals surface area (Å²) in [5.74, 6) is 0.0594. The topological polar surface area (TPSA) is 62.2 Å². The van der Waals surface area contributed by atoms with Gasteiger partial charge in [-0.15, -0.1) is 11.3 Å². The Morgan fingerprint density at radius 3 is 2.79 bits per heavy atom. The van der Waals surface area contributed by atoms with Gasteiger partial charge in [-0.3, -0.25) is 14.8 Å². The van der Waals surface area contributed by atoms with Crippen molar-refractivity contribution in [3.8, 4) is 10.7 Å². The molecule has 126 valence electrons. The van der Waals surface area contributed by atoms with Crippen molar-refractivity contribution >= 4 is 17.2 Å². The quantitative estimate of drug-likeness (QED) is 0.856. The first-order valence-electron chi connectivity index (χ1n) is 8.47. The van der Waals surface area contributed by atoms with E-state index in [1.165, 1.54) is 24.2 Å². The van der Waals surface area contributed by atoms with E-state index in [-0.39, 0.29) is 5.91 Å². The second-order valence-electron chi connectivity index (χ2n) is 6.53. The van der Waals surface area contributed by atoms with E-state index in [4.69, 9.17) is 0 Å². The maximum atomic E-state index is 13.0. The minimum Gasteiger partial charge on any atom is -0.333 e. The maximum Gasteiger partial charge on any atom is 0.273 e. The monoisotopic (exact) mass is 343 g/mol. The molecule has 0 aromatic carbocycles. The number of aromatic nitrogens is 3. The molecule has 2 aromatic rings. The van der Waals surface area contributed by atoms with Gasteiger partial charge in [-0.05, 0) is 39.3 Å². The molecule has 4 rings (SSSR count). The molecule has 0 radical (unpaired) electrons. The Morgan fingerprint density at radius 2 is 2.04 bits per heavy atom. The second-order valence-corrected chi connectivity index (χ2v) is 7.38. The van der Waals surface area contributed by atoms with E-state index < -0.39 is 0 Å². The third-order valence-corrected chi connectivity index (χ3v) is 5.95. The molecule has 0 unspecified atom stereocenters. The van der Waals surface area contributed by atoms with Gasteiger partial charge in [0.1, 0.15) is 16.4 Å². The van der Waals surface area contributed by atoms with Crippen LogP contribution >= 0.6 is 11.3 Å². The first-order chi connectivity index (χ1) is 11.7. The minimum atomic E-state index is 0.0594. The van der Waals surface area contributed by atoms with Crippen LogP contribution in [0.1, 0.15) is 36.2 Å². The van der Waals surface area contributed by atoms with Gasteiger partial charge in [0.2, 0.25) is 0 Å². The van der Waals surface area contributed by atoms with Gasteiger partial charge in [0.05, 0.1) is 6.20 Å². The predicted octanol–water partition coefficient (Wildman–Crippen LogP) is 2.30. The summed E-state index contributed by atoms with van der Waals surface area (Å²) in [4.78, 5) is 30.3. The average Bonchev–Trinajstić information content (AvgIpc) is 3.35. The SMILES string of the molecule is CN1CCC[C@@H]1[C@@H]1CCCN1C(=O)c1csc(-c2cnccn2)n1. The summed E-state index contributed by atoms with van der Waals surface area (Å²) in [5.41, 5.74) is 1.25. The standard InChI is InChI=1S/C17H21N5OS/c1-21-8-2-4-14(21)15-5-3-9-22(15)17(23)13-11-24-16(20-13)12-10-18-6-7-19-12/h6-7,10-11,14-15H,2-5,8-9H2,1H3/t14-,15+/m1/s1. The lowest BCUT2D eigenvalue weighted by atomic mass is 10.0. The van der Waals surface area contributed by atoms with Crippen molar-refractivity contribution in [3.63, 3.8) is 0 Å². The molecule has 0 bridgehead atoms. The average molecular weight is 343 g/mol. The summed E-state index contributed by atoms with van der Waals surface area (Å²) in [6.07, 6.45) is 9.56. The number of hydrogen-bond acceptors (Lipinski definition) is 6. The lowest BCUT2D eigenvalue weighted by molar-refractivity contribution is 0.0659. The highest BCUT2D eigenvalue weighted by molar-refractivity contribution is 7.13. The van der Waals surface area contributed by atoms with Gasteiger partial charge < -0.3 is 9.80 Å². The summed E-state index contributed by atoms with van der Waals surface area (Å²) >= 11 is 1.45. The van der Waals surface area contributed by atoms with Gasteiger partial charge >= 0.3 is 0 Å². The van der Waals surface area contributed by atoms with Crippen LogP contribution in [0.3, 0.4) is 0 Å². The number of thiazole rings is 1. The van der Waals surface area contributed by atoms with Gasteiger partial charge in [-0.25, -0.2) is 4.98 Å². The van der Waals surface area contributed by atoms with Crippen molar-refractivity contribution < 1.29 is 4.79 Å². The van der Waals surface area contributed by atoms with Crippen molar-refractivity contribution in [1.29, 1.82) is 0 Å². The molecule has 0 aliphatic carbocycles. The van der Waals surface area contributed by atoms with Crippen LogP contribution in [0.25, 0.3) is 10.7 Å². The number of amides is 1. The van der Waals surface area contributed by atoms with E-state index in [2.05, 4.69) is 26.9 Å². The molecule has 24 heavy (non-hydrogen) atoms. The molecule has 2 aliphatic heterocycles. The maximum absolute atomic E-state index is 13.0. The third kappa shape index (κ3) is 2.82. The fourth-order valence-corrected chi connectivity index (χ4v) is 4.67. The van der Waals surface area contributed by atoms with Gasteiger partial charge in [0.15, 0.2) is 0 Å². The fourth-order valence-electron chi connectivity index (χ4n) is 3.91. The minimum absolute atomic E-state index is 0.0594. The number of carbonyl (C=O) groups excluding carboxylic acids is 1. The highest BCUT2D eigenvalue weighted by Crippen LogP contribution is 2.31. The van der Waals surface area contributed by atoms with E-state index in [1.807, 2.05) is 10.3 Å². The molecular formula is C17H21N5OS. The fraction of sp³-hybridized carbons (Fsp3) is 0.529. The molecule has 7 heteroatoms. The molecule has 2 aromatic heterocycles. The molecule has 0 spiro atoms. The summed E-state index contributed by atoms with van der Waals surface area (Å²) < 4.78 is 0. The van der Waals surface area contributed by atoms with Crippen LogP contribution in [0.5, 0.6) is 0 Å². The van der Waals surface area contributed by atoms with E-state index in [0.29, 0.717) is 17.8 Å². The largest absolute Gasteiger partial charge is 0.333 e. The van der Waals surface area contributed by atoms with E-state index in [9.17, 15) is 4.79 Å². The molecule has 2 fully saturated rings. The van der Waals surface area contributed by atoms with Gasteiger partial charge in [-0.2, -0.15) is 0 Å². The molecule has 0 N–H and O–H groups in total. The van der Waals surface area contributed by atoms with Gasteiger partial charge in [0, 0.05) is 36.4 Å². The van der Waals surface area contributed by atoms with Crippen LogP contribution in [0.15, 0.2) is 24.0 Å². The normalized spacial score (nSPS) is 24.6. The second kappa shape index (κ2) is 6.57. The first kappa shape index (κ1) is 15.7. The number of likely N-dealkylation sites (tertiary alicyclic amines) is 2. The molecular weight excluding hydrogens is 322 g/mol. The zero-order valence-corrected chi connectivity index (χ0v) is 14.6. The summed E-state index contributed by atoms with van der Waals surface area (Å²) in [6.45, 7) is 1.97. The van der Waals surface area contributed by atoms with Crippen LogP contribution < -0.4 is 0 Å². The number of nitrogens with zero attached hydrogens (tertiary/aromatic N) is 5. The predicted molar refractivity (Wildman–Crippen MR) is 92.9 cm³/mol. The zero-order valence-electron chi connectivity index (χ0n) is 13.8. The van der Waals surface area contributed by atoms with Crippen molar-refractivity contribution in [3.05, 3.63) is 29.7 Å². The van der Waals surface area contributed by atoms with Crippen molar-refractivity contribution in [2.45, 2.75) is 37.8 Å². The highest BCUT2D eigenvalue weighted by atomic mass is 32.1. The van der Waals surface area contributed by atoms with Gasteiger partial charge in [0.25, 0.3) is 5.91 Å². The Labute approximate surface area is 145 Å². The summed E-state index contributed by atoms with van der Waals surface area (Å²) in [5, 5.41) is 2.60. The Hall–Kier alpha value is -1.86. The van der Waals surface area contributed by atoms with Crippen LogP contribution in [-0.2, 0) is 0 Å². The lowest BCUT2D eigenvalue weighted by Gasteiger charge is -2.32. The molecule has 6 nitrogen and oxygen atoms in total. The Kier molecular flexibility index (Phi) is 4.28. The molecule has 2 saturated heterocycles. The first-order valence-corrected chi connectivity index (χ1v) is 9.35. The van der Waals surface area contributed by atoms with Crippen molar-refractivity contribution in [1.82, 2.24) is 24.8 Å². The molecule has 2 aliphatic rings. The molecule has 1 amide bonds. The smallest absolute Gasteiger partial charge is 0.273 e. The zero-order chi connectivity index (χ0) is 16.5. The van der Waals surface area contributed by atoms with E-state index in [1.54, 1.807) is 18.6 Å². The van der Waals surface area contributed by atoms with Crippen molar-refractivity contribution in [2.75, 3.05) is 20.1 Å². The van der Waals surface area contributed by atoms with Crippen LogP contribution in [0.4, 0.5) is 0 Å². The Bertz CT molecular complexity index is 719. The van der Waals surface area contributed by atoms with Crippen LogP contribution in [0, 0.1) is 0 Å². The molecule has 0 saturated carbocycles. The van der Waals surface area contributed by atoms with Crippen molar-refractivity contribution in [2.24, 2.45) is 0 Å². The van der Waals surface area contributed by atoms with E-state index >= 15 is 0 Å². The number of likely N-dealkylation sites (N-methyl/N-ethyl adjacent to an activating group) is 1. The lowest BCUT2D eigenvalue weighted by Crippen LogP contribution is -2.47. The Balaban J connectivity index is 1.54. The highest BCUT2D eigenvalue weighted by Gasteiger charge is 2.39. The molecule has 4 heterocycles. The summed E-state index contributed by atoms with van der Waals surface area (Å²) in [6, 6.07) is 0.821. The Morgan fingerprint density at radius 1 is 1.21 bits per heavy atom. The van der Waals surface area contributed by atoms with Gasteiger partial charge in [-0.1, -0.05) is 0 Å². The van der Waals surface area contributed by atoms with Crippen LogP contribution in [0.2, 0.25) is 0 Å². The number of hydrogen-bond donors (Lipinski definition) is 0. The number of carbonyl (C=O) groups is 1.